The largest absolute Gasteiger partial charge is 0.436 e. The number of nitrogens with one attached hydrogen (secondary N) is 2. The molecule has 6 rings (SSSR count). The summed E-state index contributed by atoms with van der Waals surface area (Å²) in [5.41, 5.74) is 2.26. The molecule has 4 aromatic rings. The molecule has 2 N–H and O–H groups in total. The molecule has 0 unspecified atom stereocenters. The van der Waals surface area contributed by atoms with Gasteiger partial charge in [-0.2, -0.15) is 0 Å². The fraction of sp³-hybridized carbons (Fsp3) is 0.200. The summed E-state index contributed by atoms with van der Waals surface area (Å²) in [6, 6.07) is 17.3. The molecule has 9 nitrogen and oxygen atoms in total. The van der Waals surface area contributed by atoms with Gasteiger partial charge in [0.15, 0.2) is 11.4 Å². The summed E-state index contributed by atoms with van der Waals surface area (Å²) < 4.78 is 22.4. The topological polar surface area (TPSA) is 106 Å². The van der Waals surface area contributed by atoms with Gasteiger partial charge in [-0.05, 0) is 35.4 Å². The average Bonchev–Trinajstić information content (AvgIpc) is 3.36. The van der Waals surface area contributed by atoms with Gasteiger partial charge >= 0.3 is 6.09 Å². The molecule has 2 aliphatic rings. The van der Waals surface area contributed by atoms with Gasteiger partial charge < -0.3 is 19.5 Å². The molecule has 1 saturated heterocycles. The van der Waals surface area contributed by atoms with Gasteiger partial charge in [0.1, 0.15) is 0 Å². The van der Waals surface area contributed by atoms with E-state index in [0.29, 0.717) is 36.6 Å². The minimum Gasteiger partial charge on any atom is -0.436 e. The van der Waals surface area contributed by atoms with Crippen molar-refractivity contribution in [2.24, 2.45) is 0 Å². The van der Waals surface area contributed by atoms with Crippen molar-refractivity contribution in [3.8, 4) is 0 Å². The SMILES string of the molecule is O=C(Cc1ccc(Cn2ccccc2=O)cc1)Nc1cncc(N2CC[C@]3(C2)OC(=O)Nc2ccc(Cl)c(F)c23)c1. The van der Waals surface area contributed by atoms with Crippen molar-refractivity contribution in [2.45, 2.75) is 25.0 Å². The van der Waals surface area contributed by atoms with Crippen LogP contribution in [0.4, 0.5) is 26.2 Å². The van der Waals surface area contributed by atoms with E-state index in [4.69, 9.17) is 16.3 Å². The lowest BCUT2D eigenvalue weighted by Crippen LogP contribution is -2.42. The third-order valence-corrected chi connectivity index (χ3v) is 7.61. The first-order valence-corrected chi connectivity index (χ1v) is 13.4. The molecule has 4 heterocycles. The Kier molecular flexibility index (Phi) is 6.92. The minimum atomic E-state index is -1.20. The highest BCUT2D eigenvalue weighted by molar-refractivity contribution is 6.31. The molecular formula is C30H25ClFN5O4. The molecule has 2 aromatic carbocycles. The summed E-state index contributed by atoms with van der Waals surface area (Å²) >= 11 is 6.05. The molecule has 2 aromatic heterocycles. The summed E-state index contributed by atoms with van der Waals surface area (Å²) in [6.07, 6.45) is 4.79. The zero-order chi connectivity index (χ0) is 28.6. The number of benzene rings is 2. The Morgan fingerprint density at radius 1 is 1.10 bits per heavy atom. The van der Waals surface area contributed by atoms with Gasteiger partial charge in [0, 0.05) is 25.2 Å². The number of aromatic nitrogens is 2. The maximum atomic E-state index is 15.1. The molecule has 1 spiro atoms. The van der Waals surface area contributed by atoms with Gasteiger partial charge in [0.2, 0.25) is 5.91 Å². The number of fused-ring (bicyclic) bond motifs is 2. The summed E-state index contributed by atoms with van der Waals surface area (Å²) in [5.74, 6) is -0.834. The molecule has 0 bridgehead atoms. The van der Waals surface area contributed by atoms with E-state index in [0.717, 1.165) is 11.1 Å². The number of hydrogen-bond acceptors (Lipinski definition) is 6. The van der Waals surface area contributed by atoms with Crippen molar-refractivity contribution >= 4 is 40.7 Å². The molecule has 1 fully saturated rings. The van der Waals surface area contributed by atoms with E-state index in [1.54, 1.807) is 41.4 Å². The van der Waals surface area contributed by atoms with Crippen LogP contribution < -0.4 is 21.1 Å². The van der Waals surface area contributed by atoms with Crippen LogP contribution in [-0.4, -0.2) is 34.6 Å². The fourth-order valence-corrected chi connectivity index (χ4v) is 5.52. The van der Waals surface area contributed by atoms with Crippen LogP contribution in [0.2, 0.25) is 5.02 Å². The van der Waals surface area contributed by atoms with Gasteiger partial charge in [0.05, 0.1) is 59.6 Å². The van der Waals surface area contributed by atoms with Gasteiger partial charge in [-0.25, -0.2) is 9.18 Å². The summed E-state index contributed by atoms with van der Waals surface area (Å²) in [5, 5.41) is 5.38. The second-order valence-corrected chi connectivity index (χ2v) is 10.5. The first kappa shape index (κ1) is 26.5. The molecule has 0 radical (unpaired) electrons. The van der Waals surface area contributed by atoms with Crippen molar-refractivity contribution in [3.63, 3.8) is 0 Å². The number of halogens is 2. The van der Waals surface area contributed by atoms with E-state index >= 15 is 4.39 Å². The molecule has 41 heavy (non-hydrogen) atoms. The number of hydrogen-bond donors (Lipinski definition) is 2. The van der Waals surface area contributed by atoms with E-state index < -0.39 is 17.5 Å². The second kappa shape index (κ2) is 10.7. The predicted molar refractivity (Wildman–Crippen MR) is 153 cm³/mol. The normalized spacial score (nSPS) is 17.6. The number of carbonyl (C=O) groups is 2. The van der Waals surface area contributed by atoms with Crippen molar-refractivity contribution in [1.29, 1.82) is 0 Å². The van der Waals surface area contributed by atoms with Crippen molar-refractivity contribution < 1.29 is 18.7 Å². The number of pyridine rings is 2. The van der Waals surface area contributed by atoms with Crippen LogP contribution in [0.25, 0.3) is 0 Å². The highest BCUT2D eigenvalue weighted by Crippen LogP contribution is 2.46. The van der Waals surface area contributed by atoms with Crippen LogP contribution in [0.5, 0.6) is 0 Å². The third kappa shape index (κ3) is 5.38. The summed E-state index contributed by atoms with van der Waals surface area (Å²) in [6.45, 7) is 1.12. The van der Waals surface area contributed by atoms with Crippen molar-refractivity contribution in [1.82, 2.24) is 9.55 Å². The number of anilines is 3. The third-order valence-electron chi connectivity index (χ3n) is 7.32. The first-order valence-electron chi connectivity index (χ1n) is 13.0. The number of carbonyl (C=O) groups excluding carboxylic acids is 2. The number of nitrogens with zero attached hydrogens (tertiary/aromatic N) is 3. The summed E-state index contributed by atoms with van der Waals surface area (Å²) in [4.78, 5) is 43.2. The average molecular weight is 574 g/mol. The lowest BCUT2D eigenvalue weighted by atomic mass is 9.89. The quantitative estimate of drug-likeness (QED) is 0.339. The van der Waals surface area contributed by atoms with E-state index in [-0.39, 0.29) is 35.0 Å². The number of rotatable bonds is 6. The van der Waals surface area contributed by atoms with Gasteiger partial charge in [-0.3, -0.25) is 19.9 Å². The van der Waals surface area contributed by atoms with Crippen molar-refractivity contribution in [2.75, 3.05) is 28.6 Å². The maximum Gasteiger partial charge on any atom is 0.412 e. The van der Waals surface area contributed by atoms with Crippen LogP contribution >= 0.6 is 11.6 Å². The monoisotopic (exact) mass is 573 g/mol. The standard InChI is InChI=1S/C30H25ClFN5O4/c31-23-8-9-24-27(28(23)32)30(41-29(40)35-24)10-12-37(18-30)22-14-21(15-33-16-22)34-25(38)13-19-4-6-20(7-5-19)17-36-11-2-1-3-26(36)39/h1-9,11,14-16H,10,12-13,17-18H2,(H,34,38)(H,35,40)/t30-/m1/s1. The number of amides is 2. The van der Waals surface area contributed by atoms with Crippen molar-refractivity contribution in [3.05, 3.63) is 117 Å². The van der Waals surface area contributed by atoms with Crippen LogP contribution in [0.1, 0.15) is 23.1 Å². The Labute approximate surface area is 239 Å². The van der Waals surface area contributed by atoms with Gasteiger partial charge in [0.25, 0.3) is 5.56 Å². The van der Waals surface area contributed by atoms with E-state index in [9.17, 15) is 14.4 Å². The van der Waals surface area contributed by atoms with Crippen LogP contribution in [0, 0.1) is 5.82 Å². The zero-order valence-corrected chi connectivity index (χ0v) is 22.5. The molecule has 208 valence electrons. The Balaban J connectivity index is 1.12. The highest BCUT2D eigenvalue weighted by Gasteiger charge is 2.49. The van der Waals surface area contributed by atoms with E-state index in [1.165, 1.54) is 12.1 Å². The smallest absolute Gasteiger partial charge is 0.412 e. The molecule has 11 heteroatoms. The maximum absolute atomic E-state index is 15.1. The first-order chi connectivity index (χ1) is 19.8. The zero-order valence-electron chi connectivity index (χ0n) is 21.8. The molecule has 1 atom stereocenters. The fourth-order valence-electron chi connectivity index (χ4n) is 5.36. The Hall–Kier alpha value is -4.70. The predicted octanol–water partition coefficient (Wildman–Crippen LogP) is 4.93. The Morgan fingerprint density at radius 3 is 2.71 bits per heavy atom. The van der Waals surface area contributed by atoms with Crippen LogP contribution in [0.3, 0.4) is 0 Å². The lowest BCUT2D eigenvalue weighted by molar-refractivity contribution is -0.115. The van der Waals surface area contributed by atoms with Crippen LogP contribution in [-0.2, 0) is 28.1 Å². The van der Waals surface area contributed by atoms with Crippen LogP contribution in [0.15, 0.2) is 84.0 Å². The van der Waals surface area contributed by atoms with Gasteiger partial charge in [-0.1, -0.05) is 41.9 Å². The summed E-state index contributed by atoms with van der Waals surface area (Å²) in [7, 11) is 0. The Bertz CT molecular complexity index is 1710. The van der Waals surface area contributed by atoms with E-state index in [2.05, 4.69) is 15.6 Å². The minimum absolute atomic E-state index is 0.0472. The second-order valence-electron chi connectivity index (χ2n) is 10.1. The molecule has 2 aliphatic heterocycles. The lowest BCUT2D eigenvalue weighted by Gasteiger charge is -2.36. The molecule has 0 saturated carbocycles. The Morgan fingerprint density at radius 2 is 1.90 bits per heavy atom. The molecular weight excluding hydrogens is 549 g/mol. The molecule has 2 amide bonds. The number of ether oxygens (including phenoxy) is 1. The van der Waals surface area contributed by atoms with E-state index in [1.807, 2.05) is 35.2 Å². The molecule has 0 aliphatic carbocycles. The van der Waals surface area contributed by atoms with Gasteiger partial charge in [-0.15, -0.1) is 0 Å². The highest BCUT2D eigenvalue weighted by atomic mass is 35.5.